The van der Waals surface area contributed by atoms with E-state index < -0.39 is 23.6 Å². The van der Waals surface area contributed by atoms with Crippen LogP contribution in [0.4, 0.5) is 4.79 Å². The van der Waals surface area contributed by atoms with E-state index in [0.29, 0.717) is 13.1 Å². The molecule has 0 unspecified atom stereocenters. The lowest BCUT2D eigenvalue weighted by Crippen LogP contribution is -2.50. The summed E-state index contributed by atoms with van der Waals surface area (Å²) in [6, 6.07) is -0.785. The molecule has 0 aromatic carbocycles. The molecule has 0 aromatic rings. The molecule has 0 aromatic heterocycles. The van der Waals surface area contributed by atoms with Crippen molar-refractivity contribution in [2.45, 2.75) is 77.4 Å². The summed E-state index contributed by atoms with van der Waals surface area (Å²) in [6.45, 7) is 6.63. The Morgan fingerprint density at radius 3 is 2.12 bits per heavy atom. The number of primary amides is 1. The van der Waals surface area contributed by atoms with Crippen LogP contribution in [0.15, 0.2) is 0 Å². The first-order valence-corrected chi connectivity index (χ1v) is 8.75. The van der Waals surface area contributed by atoms with Crippen LogP contribution >= 0.6 is 0 Å². The molecule has 7 nitrogen and oxygen atoms in total. The molecule has 0 spiro atoms. The first-order valence-electron chi connectivity index (χ1n) is 8.75. The third-order valence-corrected chi connectivity index (χ3v) is 3.84. The highest BCUT2D eigenvalue weighted by atomic mass is 16.6. The van der Waals surface area contributed by atoms with E-state index in [2.05, 4.69) is 5.32 Å². The molecule has 1 rings (SSSR count). The lowest BCUT2D eigenvalue weighted by atomic mass is 10.1. The summed E-state index contributed by atoms with van der Waals surface area (Å²) in [5.74, 6) is -0.657. The van der Waals surface area contributed by atoms with E-state index in [1.165, 1.54) is 6.42 Å². The van der Waals surface area contributed by atoms with Gasteiger partial charge in [0.25, 0.3) is 0 Å². The zero-order valence-corrected chi connectivity index (χ0v) is 15.1. The summed E-state index contributed by atoms with van der Waals surface area (Å²) in [6.07, 6.45) is 4.90. The van der Waals surface area contributed by atoms with Crippen LogP contribution in [0.25, 0.3) is 0 Å². The van der Waals surface area contributed by atoms with Gasteiger partial charge in [-0.2, -0.15) is 0 Å². The number of carbonyl (C=O) groups is 3. The van der Waals surface area contributed by atoms with Crippen LogP contribution in [-0.2, 0) is 14.3 Å². The Morgan fingerprint density at radius 2 is 1.62 bits per heavy atom. The Kier molecular flexibility index (Phi) is 8.01. The average Bonchev–Trinajstić information content (AvgIpc) is 2.40. The first kappa shape index (κ1) is 20.3. The summed E-state index contributed by atoms with van der Waals surface area (Å²) in [7, 11) is 0. The molecule has 0 bridgehead atoms. The summed E-state index contributed by atoms with van der Waals surface area (Å²) >= 11 is 0. The van der Waals surface area contributed by atoms with E-state index in [9.17, 15) is 14.4 Å². The monoisotopic (exact) mass is 341 g/mol. The van der Waals surface area contributed by atoms with E-state index in [1.54, 1.807) is 25.7 Å². The number of likely N-dealkylation sites (tertiary alicyclic amines) is 1. The molecule has 7 heteroatoms. The third-order valence-electron chi connectivity index (χ3n) is 3.84. The molecule has 1 heterocycles. The van der Waals surface area contributed by atoms with Crippen molar-refractivity contribution in [3.05, 3.63) is 0 Å². The van der Waals surface area contributed by atoms with Crippen molar-refractivity contribution in [1.82, 2.24) is 10.2 Å². The van der Waals surface area contributed by atoms with Crippen LogP contribution in [0.5, 0.6) is 0 Å². The molecule has 24 heavy (non-hydrogen) atoms. The highest BCUT2D eigenvalue weighted by Gasteiger charge is 2.28. The van der Waals surface area contributed by atoms with E-state index in [1.807, 2.05) is 0 Å². The predicted molar refractivity (Wildman–Crippen MR) is 91.3 cm³/mol. The van der Waals surface area contributed by atoms with Crippen LogP contribution in [0.1, 0.15) is 65.7 Å². The van der Waals surface area contributed by atoms with Gasteiger partial charge in [0.15, 0.2) is 0 Å². The van der Waals surface area contributed by atoms with Crippen molar-refractivity contribution >= 4 is 17.9 Å². The molecule has 1 fully saturated rings. The van der Waals surface area contributed by atoms with Crippen molar-refractivity contribution in [3.63, 3.8) is 0 Å². The number of ether oxygens (including phenoxy) is 1. The van der Waals surface area contributed by atoms with Gasteiger partial charge in [-0.05, 0) is 40.0 Å². The van der Waals surface area contributed by atoms with Crippen molar-refractivity contribution in [2.75, 3.05) is 13.1 Å². The van der Waals surface area contributed by atoms with Crippen molar-refractivity contribution < 1.29 is 19.1 Å². The normalized spacial score (nSPS) is 17.4. The molecule has 1 aliphatic rings. The fourth-order valence-corrected chi connectivity index (χ4v) is 2.68. The van der Waals surface area contributed by atoms with E-state index >= 15 is 0 Å². The minimum Gasteiger partial charge on any atom is -0.444 e. The van der Waals surface area contributed by atoms with Gasteiger partial charge in [0.05, 0.1) is 0 Å². The van der Waals surface area contributed by atoms with Crippen LogP contribution in [-0.4, -0.2) is 47.5 Å². The second-order valence-corrected chi connectivity index (χ2v) is 7.30. The third kappa shape index (κ3) is 8.17. The first-order chi connectivity index (χ1) is 11.2. The Morgan fingerprint density at radius 1 is 1.08 bits per heavy atom. The maximum absolute atomic E-state index is 12.8. The Balaban J connectivity index is 2.72. The van der Waals surface area contributed by atoms with Crippen LogP contribution < -0.4 is 11.1 Å². The summed E-state index contributed by atoms with van der Waals surface area (Å²) < 4.78 is 5.22. The van der Waals surface area contributed by atoms with Gasteiger partial charge in [0.2, 0.25) is 11.8 Å². The molecule has 0 saturated carbocycles. The van der Waals surface area contributed by atoms with Crippen molar-refractivity contribution in [2.24, 2.45) is 5.73 Å². The van der Waals surface area contributed by atoms with Gasteiger partial charge < -0.3 is 20.7 Å². The zero-order chi connectivity index (χ0) is 18.2. The van der Waals surface area contributed by atoms with Crippen molar-refractivity contribution in [3.8, 4) is 0 Å². The number of nitrogens with one attached hydrogen (secondary N) is 1. The SMILES string of the molecule is CC(C)(C)OC(=O)N[C@H](CCC(N)=O)C(=O)N1CCCCCCC1. The van der Waals surface area contributed by atoms with Gasteiger partial charge >= 0.3 is 6.09 Å². The maximum Gasteiger partial charge on any atom is 0.408 e. The van der Waals surface area contributed by atoms with Crippen LogP contribution in [0.3, 0.4) is 0 Å². The number of carbonyl (C=O) groups excluding carboxylic acids is 3. The van der Waals surface area contributed by atoms with E-state index in [0.717, 1.165) is 25.7 Å². The average molecular weight is 341 g/mol. The van der Waals surface area contributed by atoms with Gasteiger partial charge in [0, 0.05) is 19.5 Å². The Bertz CT molecular complexity index is 438. The van der Waals surface area contributed by atoms with Crippen LogP contribution in [0, 0.1) is 0 Å². The Labute approximate surface area is 144 Å². The number of nitrogens with two attached hydrogens (primary N) is 1. The lowest BCUT2D eigenvalue weighted by molar-refractivity contribution is -0.134. The molecule has 138 valence electrons. The number of hydrogen-bond donors (Lipinski definition) is 2. The lowest BCUT2D eigenvalue weighted by Gasteiger charge is -2.30. The number of alkyl carbamates (subject to hydrolysis) is 1. The summed E-state index contributed by atoms with van der Waals surface area (Å²) in [4.78, 5) is 37.6. The number of amides is 3. The molecule has 0 radical (unpaired) electrons. The molecular formula is C17H31N3O4. The topological polar surface area (TPSA) is 102 Å². The second kappa shape index (κ2) is 9.49. The quantitative estimate of drug-likeness (QED) is 0.797. The minimum absolute atomic E-state index is 0.0417. The molecule has 0 aliphatic carbocycles. The molecule has 1 aliphatic heterocycles. The van der Waals surface area contributed by atoms with Gasteiger partial charge in [0.1, 0.15) is 11.6 Å². The van der Waals surface area contributed by atoms with Crippen molar-refractivity contribution in [1.29, 1.82) is 0 Å². The van der Waals surface area contributed by atoms with E-state index in [4.69, 9.17) is 10.5 Å². The highest BCUT2D eigenvalue weighted by Crippen LogP contribution is 2.14. The Hall–Kier alpha value is -1.79. The van der Waals surface area contributed by atoms with Crippen LogP contribution in [0.2, 0.25) is 0 Å². The van der Waals surface area contributed by atoms with Gasteiger partial charge in [-0.15, -0.1) is 0 Å². The molecule has 3 N–H and O–H groups in total. The molecule has 1 atom stereocenters. The number of rotatable bonds is 5. The standard InChI is InChI=1S/C17H31N3O4/c1-17(2,3)24-16(23)19-13(9-10-14(18)21)15(22)20-11-7-5-4-6-8-12-20/h13H,4-12H2,1-3H3,(H2,18,21)(H,19,23)/t13-/m1/s1. The fraction of sp³-hybridized carbons (Fsp3) is 0.824. The van der Waals surface area contributed by atoms with E-state index in [-0.39, 0.29) is 18.7 Å². The smallest absolute Gasteiger partial charge is 0.408 e. The highest BCUT2D eigenvalue weighted by molar-refractivity contribution is 5.86. The van der Waals surface area contributed by atoms with Gasteiger partial charge in [-0.3, -0.25) is 9.59 Å². The molecular weight excluding hydrogens is 310 g/mol. The summed E-state index contributed by atoms with van der Waals surface area (Å²) in [5, 5.41) is 2.60. The van der Waals surface area contributed by atoms with Gasteiger partial charge in [-0.25, -0.2) is 4.79 Å². The zero-order valence-electron chi connectivity index (χ0n) is 15.1. The second-order valence-electron chi connectivity index (χ2n) is 7.30. The summed E-state index contributed by atoms with van der Waals surface area (Å²) in [5.41, 5.74) is 4.54. The minimum atomic E-state index is -0.785. The number of nitrogens with zero attached hydrogens (tertiary/aromatic N) is 1. The van der Waals surface area contributed by atoms with Gasteiger partial charge in [-0.1, -0.05) is 19.3 Å². The fourth-order valence-electron chi connectivity index (χ4n) is 2.68. The largest absolute Gasteiger partial charge is 0.444 e. The maximum atomic E-state index is 12.8. The number of hydrogen-bond acceptors (Lipinski definition) is 4. The predicted octanol–water partition coefficient (Wildman–Crippen LogP) is 1.94. The molecule has 1 saturated heterocycles. The molecule has 3 amide bonds.